The molecule has 1 aliphatic carbocycles. The molecule has 9 heteroatoms. The minimum Gasteiger partial charge on any atom is -0.495 e. The number of aromatic nitrogens is 2. The van der Waals surface area contributed by atoms with Crippen LogP contribution in [0.25, 0.3) is 11.0 Å². The summed E-state index contributed by atoms with van der Waals surface area (Å²) in [5.74, 6) is 0.430. The van der Waals surface area contributed by atoms with Gasteiger partial charge in [0.1, 0.15) is 16.5 Å². The number of carbonyl (C=O) groups excluding carboxylic acids is 1. The monoisotopic (exact) mass is 442 g/mol. The van der Waals surface area contributed by atoms with Gasteiger partial charge in [0.05, 0.1) is 24.2 Å². The van der Waals surface area contributed by atoms with Crippen molar-refractivity contribution in [2.45, 2.75) is 49.6 Å². The number of sulfonamides is 1. The number of H-pyrrole nitrogens is 1. The molecule has 1 aromatic heterocycles. The minimum atomic E-state index is -3.81. The van der Waals surface area contributed by atoms with Crippen LogP contribution in [0, 0.1) is 0 Å². The van der Waals surface area contributed by atoms with Crippen molar-refractivity contribution in [3.8, 4) is 5.75 Å². The first-order chi connectivity index (χ1) is 14.9. The molecular formula is C22H26N4O4S. The molecule has 1 unspecified atom stereocenters. The number of rotatable bonds is 7. The van der Waals surface area contributed by atoms with E-state index in [-0.39, 0.29) is 22.3 Å². The quantitative estimate of drug-likeness (QED) is 0.520. The van der Waals surface area contributed by atoms with Crippen LogP contribution in [0.15, 0.2) is 47.4 Å². The van der Waals surface area contributed by atoms with Gasteiger partial charge in [-0.2, -0.15) is 0 Å². The molecule has 3 aromatic rings. The number of benzene rings is 2. The zero-order chi connectivity index (χ0) is 22.0. The SMILES string of the molecule is COc1ccc(C(=O)NC(C)c2nc3ccccc3[nH]2)cc1S(=O)(=O)NC1CCCC1. The molecule has 0 aliphatic heterocycles. The molecule has 1 heterocycles. The minimum absolute atomic E-state index is 0.0362. The van der Waals surface area contributed by atoms with E-state index in [2.05, 4.69) is 20.0 Å². The first kappa shape index (κ1) is 21.3. The maximum Gasteiger partial charge on any atom is 0.251 e. The molecule has 164 valence electrons. The van der Waals surface area contributed by atoms with Crippen LogP contribution in [0.2, 0.25) is 0 Å². The number of methoxy groups -OCH3 is 1. The Morgan fingerprint density at radius 3 is 2.65 bits per heavy atom. The maximum atomic E-state index is 12.9. The lowest BCUT2D eigenvalue weighted by Gasteiger charge is -2.16. The molecule has 0 radical (unpaired) electrons. The van der Waals surface area contributed by atoms with Crippen LogP contribution < -0.4 is 14.8 Å². The van der Waals surface area contributed by atoms with Gasteiger partial charge in [-0.05, 0) is 50.1 Å². The molecule has 0 saturated heterocycles. The highest BCUT2D eigenvalue weighted by Gasteiger charge is 2.27. The van der Waals surface area contributed by atoms with Crippen LogP contribution in [0.1, 0.15) is 54.8 Å². The molecule has 31 heavy (non-hydrogen) atoms. The van der Waals surface area contributed by atoms with Gasteiger partial charge in [0.2, 0.25) is 10.0 Å². The zero-order valence-corrected chi connectivity index (χ0v) is 18.3. The number of hydrogen-bond acceptors (Lipinski definition) is 5. The Morgan fingerprint density at radius 1 is 1.19 bits per heavy atom. The highest BCUT2D eigenvalue weighted by atomic mass is 32.2. The molecule has 1 atom stereocenters. The predicted molar refractivity (Wildman–Crippen MR) is 118 cm³/mol. The number of nitrogens with zero attached hydrogens (tertiary/aromatic N) is 1. The van der Waals surface area contributed by atoms with Gasteiger partial charge in [0.15, 0.2) is 0 Å². The molecular weight excluding hydrogens is 416 g/mol. The van der Waals surface area contributed by atoms with Gasteiger partial charge < -0.3 is 15.0 Å². The topological polar surface area (TPSA) is 113 Å². The summed E-state index contributed by atoms with van der Waals surface area (Å²) in [7, 11) is -2.40. The number of para-hydroxylation sites is 2. The summed E-state index contributed by atoms with van der Waals surface area (Å²) in [6.07, 6.45) is 3.65. The van der Waals surface area contributed by atoms with E-state index in [9.17, 15) is 13.2 Å². The van der Waals surface area contributed by atoms with Crippen molar-refractivity contribution in [1.82, 2.24) is 20.0 Å². The van der Waals surface area contributed by atoms with E-state index in [1.54, 1.807) is 6.07 Å². The van der Waals surface area contributed by atoms with Gasteiger partial charge in [-0.15, -0.1) is 0 Å². The molecule has 2 aromatic carbocycles. The van der Waals surface area contributed by atoms with E-state index in [0.717, 1.165) is 36.7 Å². The second-order valence-electron chi connectivity index (χ2n) is 7.80. The second kappa shape index (κ2) is 8.68. The lowest BCUT2D eigenvalue weighted by molar-refractivity contribution is 0.0938. The largest absolute Gasteiger partial charge is 0.495 e. The van der Waals surface area contributed by atoms with Crippen molar-refractivity contribution in [3.63, 3.8) is 0 Å². The van der Waals surface area contributed by atoms with E-state index in [1.807, 2.05) is 31.2 Å². The summed E-state index contributed by atoms with van der Waals surface area (Å²) in [6.45, 7) is 1.82. The normalized spacial score (nSPS) is 15.8. The van der Waals surface area contributed by atoms with Crippen LogP contribution >= 0.6 is 0 Å². The number of ether oxygens (including phenoxy) is 1. The van der Waals surface area contributed by atoms with Crippen molar-refractivity contribution in [2.75, 3.05) is 7.11 Å². The zero-order valence-electron chi connectivity index (χ0n) is 17.5. The average molecular weight is 443 g/mol. The first-order valence-electron chi connectivity index (χ1n) is 10.3. The van der Waals surface area contributed by atoms with E-state index in [4.69, 9.17) is 4.74 Å². The van der Waals surface area contributed by atoms with Crippen molar-refractivity contribution < 1.29 is 17.9 Å². The molecule has 3 N–H and O–H groups in total. The van der Waals surface area contributed by atoms with Gasteiger partial charge in [-0.1, -0.05) is 25.0 Å². The lowest BCUT2D eigenvalue weighted by Crippen LogP contribution is -2.33. The number of aromatic amines is 1. The Balaban J connectivity index is 1.55. The smallest absolute Gasteiger partial charge is 0.251 e. The van der Waals surface area contributed by atoms with E-state index in [1.165, 1.54) is 19.2 Å². The first-order valence-corrected chi connectivity index (χ1v) is 11.8. The van der Waals surface area contributed by atoms with Crippen molar-refractivity contribution >= 4 is 27.0 Å². The number of carbonyl (C=O) groups is 1. The molecule has 1 fully saturated rings. The summed E-state index contributed by atoms with van der Waals surface area (Å²) in [4.78, 5) is 20.5. The van der Waals surface area contributed by atoms with E-state index < -0.39 is 22.0 Å². The Kier molecular flexibility index (Phi) is 5.97. The van der Waals surface area contributed by atoms with Crippen LogP contribution in [-0.4, -0.2) is 37.4 Å². The van der Waals surface area contributed by atoms with Crippen LogP contribution in [0.4, 0.5) is 0 Å². The fraction of sp³-hybridized carbons (Fsp3) is 0.364. The lowest BCUT2D eigenvalue weighted by atomic mass is 10.2. The number of amides is 1. The van der Waals surface area contributed by atoms with Gasteiger partial charge in [0, 0.05) is 11.6 Å². The summed E-state index contributed by atoms with van der Waals surface area (Å²) >= 11 is 0. The molecule has 1 aliphatic rings. The number of imidazole rings is 1. The van der Waals surface area contributed by atoms with E-state index in [0.29, 0.717) is 5.82 Å². The Labute approximate surface area is 181 Å². The molecule has 0 spiro atoms. The van der Waals surface area contributed by atoms with Crippen LogP contribution in [-0.2, 0) is 10.0 Å². The summed E-state index contributed by atoms with van der Waals surface area (Å²) in [6, 6.07) is 11.6. The Hall–Kier alpha value is -2.91. The fourth-order valence-corrected chi connectivity index (χ4v) is 5.38. The third-order valence-electron chi connectivity index (χ3n) is 5.56. The van der Waals surface area contributed by atoms with Gasteiger partial charge in [-0.3, -0.25) is 4.79 Å². The molecule has 1 saturated carbocycles. The average Bonchev–Trinajstić information content (AvgIpc) is 3.42. The van der Waals surface area contributed by atoms with Crippen molar-refractivity contribution in [1.29, 1.82) is 0 Å². The molecule has 8 nitrogen and oxygen atoms in total. The summed E-state index contributed by atoms with van der Waals surface area (Å²) in [5, 5.41) is 2.87. The fourth-order valence-electron chi connectivity index (χ4n) is 3.88. The number of fused-ring (bicyclic) bond motifs is 1. The Morgan fingerprint density at radius 2 is 1.94 bits per heavy atom. The third kappa shape index (κ3) is 4.57. The van der Waals surface area contributed by atoms with Crippen molar-refractivity contribution in [2.24, 2.45) is 0 Å². The highest BCUT2D eigenvalue weighted by Crippen LogP contribution is 2.27. The number of hydrogen-bond donors (Lipinski definition) is 3. The highest BCUT2D eigenvalue weighted by molar-refractivity contribution is 7.89. The Bertz CT molecular complexity index is 1170. The second-order valence-corrected chi connectivity index (χ2v) is 9.49. The number of nitrogens with one attached hydrogen (secondary N) is 3. The van der Waals surface area contributed by atoms with Gasteiger partial charge in [0.25, 0.3) is 5.91 Å². The van der Waals surface area contributed by atoms with Crippen LogP contribution in [0.3, 0.4) is 0 Å². The molecule has 0 bridgehead atoms. The summed E-state index contributed by atoms with van der Waals surface area (Å²) < 4.78 is 33.9. The van der Waals surface area contributed by atoms with Crippen LogP contribution in [0.5, 0.6) is 5.75 Å². The van der Waals surface area contributed by atoms with Gasteiger partial charge >= 0.3 is 0 Å². The standard InChI is InChI=1S/C22H26N4O4S/c1-14(21-24-17-9-5-6-10-18(17)25-21)23-22(27)15-11-12-19(30-2)20(13-15)31(28,29)26-16-7-3-4-8-16/h5-6,9-14,16,26H,3-4,7-8H2,1-2H3,(H,23,27)(H,24,25). The van der Waals surface area contributed by atoms with Gasteiger partial charge in [-0.25, -0.2) is 18.1 Å². The van der Waals surface area contributed by atoms with Crippen molar-refractivity contribution in [3.05, 3.63) is 53.9 Å². The third-order valence-corrected chi connectivity index (χ3v) is 7.10. The summed E-state index contributed by atoms with van der Waals surface area (Å²) in [5.41, 5.74) is 1.93. The maximum absolute atomic E-state index is 12.9. The van der Waals surface area contributed by atoms with E-state index >= 15 is 0 Å². The molecule has 1 amide bonds. The molecule has 4 rings (SSSR count). The predicted octanol–water partition coefficient (Wildman–Crippen LogP) is 3.28.